The molecule has 0 aliphatic heterocycles. The summed E-state index contributed by atoms with van der Waals surface area (Å²) >= 11 is 0. The molecule has 0 rings (SSSR count). The van der Waals surface area contributed by atoms with E-state index in [1.807, 2.05) is 0 Å². The summed E-state index contributed by atoms with van der Waals surface area (Å²) in [5.74, 6) is 0. The summed E-state index contributed by atoms with van der Waals surface area (Å²) in [5.41, 5.74) is 0. The molecule has 0 aliphatic carbocycles. The fraction of sp³-hybridized carbons (Fsp3) is 0. The zero-order valence-electron chi connectivity index (χ0n) is 6.99. The fourth-order valence-electron chi connectivity index (χ4n) is 0.181. The molecule has 0 aliphatic rings. The van der Waals surface area contributed by atoms with Crippen LogP contribution in [-0.4, -0.2) is 25.9 Å². The predicted molar refractivity (Wildman–Crippen MR) is 30.6 cm³/mol. The van der Waals surface area contributed by atoms with Crippen molar-refractivity contribution in [2.24, 2.45) is 0 Å². The van der Waals surface area contributed by atoms with E-state index in [-0.39, 0.29) is 59.1 Å². The quantitative estimate of drug-likeness (QED) is 0.212. The van der Waals surface area contributed by atoms with Gasteiger partial charge in [0.1, 0.15) is 0 Å². The molecule has 0 saturated carbocycles. The third-order valence-corrected chi connectivity index (χ3v) is 3.06. The SMILES string of the molecule is O=[PH](OS(=O)(=O)[O-])OS(=O)(=O)[O-].[Na+].[Na+]. The van der Waals surface area contributed by atoms with Crippen molar-refractivity contribution in [1.29, 1.82) is 0 Å². The average molecular weight is 286 g/mol. The van der Waals surface area contributed by atoms with Gasteiger partial charge in [-0.2, -0.15) is 7.94 Å². The van der Waals surface area contributed by atoms with Crippen molar-refractivity contribution < 1.29 is 97.6 Å². The van der Waals surface area contributed by atoms with Gasteiger partial charge in [0.25, 0.3) is 0 Å². The number of hydrogen-bond donors (Lipinski definition) is 0. The van der Waals surface area contributed by atoms with Crippen molar-refractivity contribution in [3.05, 3.63) is 0 Å². The molecule has 0 saturated heterocycles. The summed E-state index contributed by atoms with van der Waals surface area (Å²) in [4.78, 5) is 0. The Morgan fingerprint density at radius 3 is 1.21 bits per heavy atom. The van der Waals surface area contributed by atoms with E-state index in [4.69, 9.17) is 0 Å². The van der Waals surface area contributed by atoms with Gasteiger partial charge in [-0.15, -0.1) is 0 Å². The molecule has 0 amide bonds. The average Bonchev–Trinajstić information content (AvgIpc) is 1.49. The monoisotopic (exact) mass is 286 g/mol. The Labute approximate surface area is 125 Å². The van der Waals surface area contributed by atoms with Gasteiger partial charge in [0, 0.05) is 0 Å². The summed E-state index contributed by atoms with van der Waals surface area (Å²) in [6.45, 7) is 0. The third kappa shape index (κ3) is 16.4. The minimum Gasteiger partial charge on any atom is -0.725 e. The van der Waals surface area contributed by atoms with Gasteiger partial charge in [0.2, 0.25) is 20.8 Å². The van der Waals surface area contributed by atoms with E-state index in [0.29, 0.717) is 0 Å². The Morgan fingerprint density at radius 2 is 1.07 bits per heavy atom. The van der Waals surface area contributed by atoms with Gasteiger partial charge in [-0.25, -0.2) is 16.8 Å². The first-order chi connectivity index (χ1) is 5.10. The van der Waals surface area contributed by atoms with E-state index in [1.165, 1.54) is 0 Å². The maximum absolute atomic E-state index is 10.1. The van der Waals surface area contributed by atoms with Gasteiger partial charge in [-0.1, -0.05) is 0 Å². The van der Waals surface area contributed by atoms with Gasteiger partial charge in [-0.05, 0) is 0 Å². The molecule has 74 valence electrons. The van der Waals surface area contributed by atoms with Crippen LogP contribution >= 0.6 is 8.25 Å². The van der Waals surface area contributed by atoms with Gasteiger partial charge >= 0.3 is 67.4 Å². The van der Waals surface area contributed by atoms with Crippen LogP contribution in [0, 0.1) is 0 Å². The van der Waals surface area contributed by atoms with E-state index in [9.17, 15) is 30.5 Å². The Balaban J connectivity index is -0.000000605. The Morgan fingerprint density at radius 1 is 0.857 bits per heavy atom. The normalized spacial score (nSPS) is 11.6. The van der Waals surface area contributed by atoms with Crippen LogP contribution in [-0.2, 0) is 33.3 Å². The van der Waals surface area contributed by atoms with Crippen LogP contribution in [0.2, 0.25) is 0 Å². The van der Waals surface area contributed by atoms with Crippen molar-refractivity contribution >= 4 is 29.1 Å². The van der Waals surface area contributed by atoms with Gasteiger partial charge in [-0.3, -0.25) is 4.57 Å². The zero-order valence-corrected chi connectivity index (χ0v) is 13.6. The molecule has 0 unspecified atom stereocenters. The maximum Gasteiger partial charge on any atom is 1.00 e. The summed E-state index contributed by atoms with van der Waals surface area (Å²) < 4.78 is 73.6. The van der Waals surface area contributed by atoms with Gasteiger partial charge < -0.3 is 9.11 Å². The second kappa shape index (κ2) is 8.12. The van der Waals surface area contributed by atoms with Crippen LogP contribution in [0.15, 0.2) is 0 Å². The molecule has 0 aromatic carbocycles. The molecule has 0 N–H and O–H groups in total. The Hall–Kier alpha value is 1.97. The van der Waals surface area contributed by atoms with Crippen LogP contribution in [0.5, 0.6) is 0 Å². The van der Waals surface area contributed by atoms with Crippen molar-refractivity contribution in [1.82, 2.24) is 0 Å². The topological polar surface area (TPSA) is 150 Å². The van der Waals surface area contributed by atoms with Crippen molar-refractivity contribution in [2.75, 3.05) is 0 Å². The second-order valence-corrected chi connectivity index (χ2v) is 4.70. The van der Waals surface area contributed by atoms with Crippen LogP contribution in [0.3, 0.4) is 0 Å². The molecule has 0 aromatic heterocycles. The summed E-state index contributed by atoms with van der Waals surface area (Å²) in [7, 11) is -14.8. The van der Waals surface area contributed by atoms with Gasteiger partial charge in [0.15, 0.2) is 0 Å². The standard InChI is InChI=1S/2Na.H3O9PS2/c;;1-10(8-11(2,3)4)9-12(5,6)7/h;;10H,(H,2,3,4)(H,5,6,7)/q2*+1;/p-2. The molecule has 0 spiro atoms. The Bertz CT molecular complexity index is 328. The second-order valence-electron chi connectivity index (χ2n) is 1.23. The molecule has 0 atom stereocenters. The molecule has 0 aromatic rings. The first-order valence-corrected chi connectivity index (χ1v) is 5.84. The van der Waals surface area contributed by atoms with Crippen LogP contribution in [0.4, 0.5) is 0 Å². The molecule has 0 heterocycles. The summed E-state index contributed by atoms with van der Waals surface area (Å²) in [6.07, 6.45) is 0. The molecule has 14 heavy (non-hydrogen) atoms. The summed E-state index contributed by atoms with van der Waals surface area (Å²) in [6, 6.07) is 0. The molecular weight excluding hydrogens is 285 g/mol. The molecule has 0 radical (unpaired) electrons. The van der Waals surface area contributed by atoms with Crippen LogP contribution < -0.4 is 59.1 Å². The first kappa shape index (κ1) is 21.3. The largest absolute Gasteiger partial charge is 1.00 e. The van der Waals surface area contributed by atoms with Gasteiger partial charge in [0.05, 0.1) is 0 Å². The van der Waals surface area contributed by atoms with E-state index in [2.05, 4.69) is 7.94 Å². The zero-order chi connectivity index (χ0) is 9.99. The Kier molecular flexibility index (Phi) is 12.3. The van der Waals surface area contributed by atoms with E-state index >= 15 is 0 Å². The number of hydrogen-bond acceptors (Lipinski definition) is 9. The minimum absolute atomic E-state index is 0. The van der Waals surface area contributed by atoms with Crippen molar-refractivity contribution in [3.8, 4) is 0 Å². The molecule has 9 nitrogen and oxygen atoms in total. The first-order valence-electron chi connectivity index (χ1n) is 1.95. The van der Waals surface area contributed by atoms with Crippen LogP contribution in [0.1, 0.15) is 0 Å². The third-order valence-electron chi connectivity index (χ3n) is 0.340. The fourth-order valence-corrected chi connectivity index (χ4v) is 1.88. The molecule has 14 heteroatoms. The maximum atomic E-state index is 10.1. The van der Waals surface area contributed by atoms with Crippen LogP contribution in [0.25, 0.3) is 0 Å². The smallest absolute Gasteiger partial charge is 0.725 e. The van der Waals surface area contributed by atoms with Crippen molar-refractivity contribution in [2.45, 2.75) is 0 Å². The molecule has 0 bridgehead atoms. The van der Waals surface area contributed by atoms with E-state index < -0.39 is 29.1 Å². The van der Waals surface area contributed by atoms with Crippen molar-refractivity contribution in [3.63, 3.8) is 0 Å². The number of rotatable bonds is 4. The van der Waals surface area contributed by atoms with E-state index in [1.54, 1.807) is 0 Å². The van der Waals surface area contributed by atoms with E-state index in [0.717, 1.165) is 0 Å². The minimum atomic E-state index is -5.34. The predicted octanol–water partition coefficient (Wildman–Crippen LogP) is -7.66. The summed E-state index contributed by atoms with van der Waals surface area (Å²) in [5, 5.41) is 0. The molecular formula is HNa2O9PS2. The molecule has 0 fully saturated rings.